The smallest absolute Gasteiger partial charge is 0.316 e. The van der Waals surface area contributed by atoms with E-state index in [2.05, 4.69) is 10.2 Å². The molecule has 1 heterocycles. The third kappa shape index (κ3) is 3.25. The number of thioether (sulfide) groups is 1. The molecule has 1 N–H and O–H groups in total. The van der Waals surface area contributed by atoms with Gasteiger partial charge < -0.3 is 14.3 Å². The molecule has 2 aromatic rings. The fraction of sp³-hybridized carbons (Fsp3) is 0.250. The third-order valence-corrected chi connectivity index (χ3v) is 3.27. The average molecular weight is 280 g/mol. The van der Waals surface area contributed by atoms with E-state index in [4.69, 9.17) is 14.3 Å². The SMILES string of the molecule is COc1cccc(-c2nnc(S[C@@H](C)C(=O)O)o2)c1. The lowest BCUT2D eigenvalue weighted by Gasteiger charge is -2.01. The van der Waals surface area contributed by atoms with Gasteiger partial charge in [-0.1, -0.05) is 17.8 Å². The summed E-state index contributed by atoms with van der Waals surface area (Å²) in [7, 11) is 1.57. The Balaban J connectivity index is 2.18. The van der Waals surface area contributed by atoms with Crippen molar-refractivity contribution in [3.05, 3.63) is 24.3 Å². The first-order valence-corrected chi connectivity index (χ1v) is 6.35. The van der Waals surface area contributed by atoms with Crippen LogP contribution in [0.2, 0.25) is 0 Å². The highest BCUT2D eigenvalue weighted by Gasteiger charge is 2.17. The molecule has 0 amide bonds. The third-order valence-electron chi connectivity index (χ3n) is 2.35. The number of aliphatic carboxylic acids is 1. The molecule has 2 rings (SSSR count). The second-order valence-corrected chi connectivity index (χ2v) is 5.00. The van der Waals surface area contributed by atoms with Gasteiger partial charge in [0.25, 0.3) is 5.22 Å². The van der Waals surface area contributed by atoms with Crippen LogP contribution in [0.5, 0.6) is 5.75 Å². The Kier molecular flexibility index (Phi) is 4.06. The molecular formula is C12H12N2O4S. The first-order valence-electron chi connectivity index (χ1n) is 5.47. The van der Waals surface area contributed by atoms with Gasteiger partial charge in [-0.05, 0) is 25.1 Å². The van der Waals surface area contributed by atoms with Gasteiger partial charge in [0.15, 0.2) is 0 Å². The summed E-state index contributed by atoms with van der Waals surface area (Å²) >= 11 is 1.01. The van der Waals surface area contributed by atoms with Crippen molar-refractivity contribution < 1.29 is 19.1 Å². The van der Waals surface area contributed by atoms with Gasteiger partial charge in [0.1, 0.15) is 11.0 Å². The summed E-state index contributed by atoms with van der Waals surface area (Å²) in [4.78, 5) is 10.7. The molecular weight excluding hydrogens is 268 g/mol. The van der Waals surface area contributed by atoms with Gasteiger partial charge >= 0.3 is 5.97 Å². The Morgan fingerprint density at radius 3 is 2.95 bits per heavy atom. The summed E-state index contributed by atoms with van der Waals surface area (Å²) < 4.78 is 10.5. The van der Waals surface area contributed by atoms with Crippen molar-refractivity contribution in [3.8, 4) is 17.2 Å². The molecule has 1 atom stereocenters. The number of nitrogens with zero attached hydrogens (tertiary/aromatic N) is 2. The minimum absolute atomic E-state index is 0.229. The van der Waals surface area contributed by atoms with Crippen molar-refractivity contribution in [3.63, 3.8) is 0 Å². The minimum atomic E-state index is -0.925. The maximum absolute atomic E-state index is 10.7. The normalized spacial score (nSPS) is 12.1. The molecule has 0 aliphatic rings. The van der Waals surface area contributed by atoms with Crippen LogP contribution in [0, 0.1) is 0 Å². The first kappa shape index (κ1) is 13.4. The molecule has 100 valence electrons. The van der Waals surface area contributed by atoms with Crippen LogP contribution in [0.15, 0.2) is 33.9 Å². The van der Waals surface area contributed by atoms with Gasteiger partial charge in [-0.15, -0.1) is 10.2 Å². The van der Waals surface area contributed by atoms with Gasteiger partial charge in [-0.25, -0.2) is 0 Å². The number of aromatic nitrogens is 2. The highest BCUT2D eigenvalue weighted by atomic mass is 32.2. The molecule has 0 bridgehead atoms. The lowest BCUT2D eigenvalue weighted by molar-refractivity contribution is -0.136. The molecule has 0 spiro atoms. The standard InChI is InChI=1S/C12H12N2O4S/c1-7(11(15)16)19-12-14-13-10(18-12)8-4-3-5-9(6-8)17-2/h3-7H,1-2H3,(H,15,16)/t7-/m0/s1. The summed E-state index contributed by atoms with van der Waals surface area (Å²) in [5.74, 6) is 0.0916. The summed E-state index contributed by atoms with van der Waals surface area (Å²) in [6.45, 7) is 1.56. The Morgan fingerprint density at radius 2 is 2.26 bits per heavy atom. The molecule has 0 aliphatic heterocycles. The van der Waals surface area contributed by atoms with E-state index in [1.54, 1.807) is 20.1 Å². The van der Waals surface area contributed by atoms with Crippen LogP contribution >= 0.6 is 11.8 Å². The lowest BCUT2D eigenvalue weighted by Crippen LogP contribution is -2.10. The zero-order valence-corrected chi connectivity index (χ0v) is 11.2. The zero-order valence-electron chi connectivity index (χ0n) is 10.4. The molecule has 0 saturated heterocycles. The maximum Gasteiger partial charge on any atom is 0.316 e. The van der Waals surface area contributed by atoms with Gasteiger partial charge in [0.05, 0.1) is 7.11 Å². The van der Waals surface area contributed by atoms with E-state index < -0.39 is 11.2 Å². The number of carbonyl (C=O) groups is 1. The van der Waals surface area contributed by atoms with E-state index in [1.165, 1.54) is 0 Å². The number of methoxy groups -OCH3 is 1. The second-order valence-electron chi connectivity index (χ2n) is 3.70. The number of rotatable bonds is 5. The molecule has 6 nitrogen and oxygen atoms in total. The lowest BCUT2D eigenvalue weighted by atomic mass is 10.2. The minimum Gasteiger partial charge on any atom is -0.497 e. The summed E-state index contributed by atoms with van der Waals surface area (Å²) in [5.41, 5.74) is 0.724. The van der Waals surface area contributed by atoms with E-state index in [-0.39, 0.29) is 5.22 Å². The van der Waals surface area contributed by atoms with Crippen molar-refractivity contribution >= 4 is 17.7 Å². The van der Waals surface area contributed by atoms with Crippen LogP contribution in [0.4, 0.5) is 0 Å². The Labute approximate surface area is 113 Å². The van der Waals surface area contributed by atoms with Crippen molar-refractivity contribution in [2.75, 3.05) is 7.11 Å². The number of carboxylic acids is 1. The fourth-order valence-electron chi connectivity index (χ4n) is 1.33. The fourth-order valence-corrected chi connectivity index (χ4v) is 1.95. The summed E-state index contributed by atoms with van der Waals surface area (Å²) in [6.07, 6.45) is 0. The van der Waals surface area contributed by atoms with Crippen molar-refractivity contribution in [1.82, 2.24) is 10.2 Å². The van der Waals surface area contributed by atoms with Crippen LogP contribution in [0.25, 0.3) is 11.5 Å². The number of carboxylic acid groups (broad SMARTS) is 1. The predicted octanol–water partition coefficient (Wildman–Crippen LogP) is 2.31. The van der Waals surface area contributed by atoms with Crippen molar-refractivity contribution in [1.29, 1.82) is 0 Å². The molecule has 0 aliphatic carbocycles. The number of hydrogen-bond donors (Lipinski definition) is 1. The molecule has 1 aromatic carbocycles. The molecule has 7 heteroatoms. The molecule has 0 unspecified atom stereocenters. The van der Waals surface area contributed by atoms with E-state index >= 15 is 0 Å². The Hall–Kier alpha value is -2.02. The highest BCUT2D eigenvalue weighted by molar-refractivity contribution is 8.00. The largest absolute Gasteiger partial charge is 0.497 e. The van der Waals surface area contributed by atoms with Crippen LogP contribution in [-0.4, -0.2) is 33.6 Å². The molecule has 1 aromatic heterocycles. The molecule has 0 saturated carbocycles. The van der Waals surface area contributed by atoms with Crippen LogP contribution in [0.3, 0.4) is 0 Å². The van der Waals surface area contributed by atoms with Gasteiger partial charge in [0, 0.05) is 5.56 Å². The van der Waals surface area contributed by atoms with Crippen molar-refractivity contribution in [2.24, 2.45) is 0 Å². The van der Waals surface area contributed by atoms with E-state index in [9.17, 15) is 4.79 Å². The summed E-state index contributed by atoms with van der Waals surface area (Å²) in [6, 6.07) is 7.20. The topological polar surface area (TPSA) is 85.5 Å². The average Bonchev–Trinajstić information content (AvgIpc) is 2.87. The predicted molar refractivity (Wildman–Crippen MR) is 69.2 cm³/mol. The maximum atomic E-state index is 10.7. The first-order chi connectivity index (χ1) is 9.10. The van der Waals surface area contributed by atoms with Crippen LogP contribution in [-0.2, 0) is 4.79 Å². The molecule has 0 fully saturated rings. The highest BCUT2D eigenvalue weighted by Crippen LogP contribution is 2.27. The van der Waals surface area contributed by atoms with Crippen LogP contribution in [0.1, 0.15) is 6.92 Å². The molecule has 19 heavy (non-hydrogen) atoms. The van der Waals surface area contributed by atoms with Gasteiger partial charge in [0.2, 0.25) is 5.89 Å². The van der Waals surface area contributed by atoms with Crippen LogP contribution < -0.4 is 4.74 Å². The number of hydrogen-bond acceptors (Lipinski definition) is 6. The molecule has 0 radical (unpaired) electrons. The Morgan fingerprint density at radius 1 is 1.47 bits per heavy atom. The van der Waals surface area contributed by atoms with Crippen molar-refractivity contribution in [2.45, 2.75) is 17.4 Å². The Bertz CT molecular complexity index is 585. The monoisotopic (exact) mass is 280 g/mol. The van der Waals surface area contributed by atoms with E-state index in [0.29, 0.717) is 11.6 Å². The number of ether oxygens (including phenoxy) is 1. The second kappa shape index (κ2) is 5.75. The summed E-state index contributed by atoms with van der Waals surface area (Å²) in [5, 5.41) is 16.1. The number of benzene rings is 1. The van der Waals surface area contributed by atoms with Gasteiger partial charge in [-0.3, -0.25) is 4.79 Å². The van der Waals surface area contributed by atoms with E-state index in [0.717, 1.165) is 17.3 Å². The van der Waals surface area contributed by atoms with Gasteiger partial charge in [-0.2, -0.15) is 0 Å². The van der Waals surface area contributed by atoms with E-state index in [1.807, 2.05) is 18.2 Å². The zero-order chi connectivity index (χ0) is 13.8. The quantitative estimate of drug-likeness (QED) is 0.841.